The van der Waals surface area contributed by atoms with E-state index in [1.807, 2.05) is 42.5 Å². The van der Waals surface area contributed by atoms with E-state index < -0.39 is 0 Å². The maximum Gasteiger partial charge on any atom is 0.374 e. The first-order chi connectivity index (χ1) is 16.1. The number of anilines is 2. The van der Waals surface area contributed by atoms with Crippen molar-refractivity contribution in [3.63, 3.8) is 0 Å². The van der Waals surface area contributed by atoms with E-state index in [1.165, 1.54) is 0 Å². The lowest BCUT2D eigenvalue weighted by molar-refractivity contribution is -0.674. The highest BCUT2D eigenvalue weighted by atomic mass is 35.5. The molecule has 2 heterocycles. The summed E-state index contributed by atoms with van der Waals surface area (Å²) in [6.07, 6.45) is 6.04. The Morgan fingerprint density at radius 1 is 1.06 bits per heavy atom. The predicted octanol–water partition coefficient (Wildman–Crippen LogP) is 5.26. The normalized spacial score (nSPS) is 14.9. The Morgan fingerprint density at radius 3 is 2.48 bits per heavy atom. The Labute approximate surface area is 203 Å². The van der Waals surface area contributed by atoms with Crippen molar-refractivity contribution in [2.75, 3.05) is 42.7 Å². The van der Waals surface area contributed by atoms with Crippen LogP contribution in [0.4, 0.5) is 11.4 Å². The number of rotatable bonds is 9. The van der Waals surface area contributed by atoms with E-state index in [1.54, 1.807) is 0 Å². The predicted molar refractivity (Wildman–Crippen MR) is 134 cm³/mol. The molecule has 0 spiro atoms. The quantitative estimate of drug-likeness (QED) is 0.329. The van der Waals surface area contributed by atoms with Gasteiger partial charge >= 0.3 is 5.89 Å². The third-order valence-electron chi connectivity index (χ3n) is 5.60. The van der Waals surface area contributed by atoms with Crippen LogP contribution >= 0.6 is 23.2 Å². The van der Waals surface area contributed by atoms with E-state index >= 15 is 0 Å². The number of nitrogens with zero attached hydrogens (tertiary/aromatic N) is 3. The molecule has 0 atom stereocenters. The molecule has 0 unspecified atom stereocenters. The van der Waals surface area contributed by atoms with Crippen LogP contribution in [-0.4, -0.2) is 38.0 Å². The summed E-state index contributed by atoms with van der Waals surface area (Å²) in [6.45, 7) is 7.16. The van der Waals surface area contributed by atoms with Crippen molar-refractivity contribution < 1.29 is 18.8 Å². The Hall–Kier alpha value is -2.51. The van der Waals surface area contributed by atoms with Gasteiger partial charge < -0.3 is 24.1 Å². The number of oxazole rings is 1. The fourth-order valence-electron chi connectivity index (χ4n) is 4.14. The molecule has 1 aromatic heterocycles. The average Bonchev–Trinajstić information content (AvgIpc) is 3.31. The molecule has 0 amide bonds. The first-order valence-corrected chi connectivity index (χ1v) is 11.9. The number of aromatic nitrogens is 1. The maximum absolute atomic E-state index is 9.02. The fourth-order valence-corrected chi connectivity index (χ4v) is 4.46. The van der Waals surface area contributed by atoms with Gasteiger partial charge in [0.15, 0.2) is 0 Å². The van der Waals surface area contributed by atoms with E-state index in [-0.39, 0.29) is 6.61 Å². The number of para-hydroxylation sites is 2. The summed E-state index contributed by atoms with van der Waals surface area (Å²) in [5, 5.41) is 10.1. The SMILES string of the molecule is CCN1/C(=C\C=C\c2oc3ccccc3[n+]2CC)N(CCOCCO)c2cc(Cl)c(Cl)cc21. The van der Waals surface area contributed by atoms with Crippen LogP contribution in [0.15, 0.2) is 58.8 Å². The third kappa shape index (κ3) is 4.75. The van der Waals surface area contributed by atoms with E-state index in [9.17, 15) is 0 Å². The number of halogens is 2. The van der Waals surface area contributed by atoms with Crippen LogP contribution in [0.2, 0.25) is 10.0 Å². The largest absolute Gasteiger partial charge is 0.398 e. The summed E-state index contributed by atoms with van der Waals surface area (Å²) in [6, 6.07) is 11.8. The summed E-state index contributed by atoms with van der Waals surface area (Å²) < 4.78 is 13.7. The number of aliphatic hydroxyl groups is 1. The molecule has 0 fully saturated rings. The molecule has 3 aromatic rings. The number of hydrogen-bond donors (Lipinski definition) is 1. The average molecular weight is 489 g/mol. The Kier molecular flexibility index (Phi) is 7.60. The Bertz CT molecular complexity index is 1190. The van der Waals surface area contributed by atoms with E-state index in [4.69, 9.17) is 37.5 Å². The van der Waals surface area contributed by atoms with Gasteiger partial charge in [-0.25, -0.2) is 0 Å². The number of allylic oxidation sites excluding steroid dienone is 2. The monoisotopic (exact) mass is 488 g/mol. The van der Waals surface area contributed by atoms with E-state index in [2.05, 4.69) is 40.4 Å². The minimum atomic E-state index is -0.000524. The molecule has 33 heavy (non-hydrogen) atoms. The van der Waals surface area contributed by atoms with Crippen molar-refractivity contribution in [1.29, 1.82) is 0 Å². The highest BCUT2D eigenvalue weighted by molar-refractivity contribution is 6.42. The molecule has 6 nitrogen and oxygen atoms in total. The van der Waals surface area contributed by atoms with Crippen LogP contribution in [0.1, 0.15) is 19.7 Å². The summed E-state index contributed by atoms with van der Waals surface area (Å²) in [5.41, 5.74) is 3.91. The van der Waals surface area contributed by atoms with Crippen LogP contribution in [0.5, 0.6) is 0 Å². The van der Waals surface area contributed by atoms with Gasteiger partial charge in [-0.3, -0.25) is 0 Å². The number of fused-ring (bicyclic) bond motifs is 2. The van der Waals surface area contributed by atoms with Gasteiger partial charge in [-0.2, -0.15) is 4.57 Å². The molecule has 174 valence electrons. The van der Waals surface area contributed by atoms with E-state index in [0.717, 1.165) is 47.3 Å². The van der Waals surface area contributed by atoms with Gasteiger partial charge in [0, 0.05) is 19.2 Å². The second-order valence-corrected chi connectivity index (χ2v) is 8.34. The van der Waals surface area contributed by atoms with Crippen LogP contribution in [0, 0.1) is 0 Å². The zero-order valence-electron chi connectivity index (χ0n) is 18.8. The van der Waals surface area contributed by atoms with Crippen molar-refractivity contribution in [3.05, 3.63) is 70.3 Å². The molecule has 8 heteroatoms. The molecule has 1 aliphatic rings. The second kappa shape index (κ2) is 10.6. The van der Waals surface area contributed by atoms with Crippen LogP contribution in [0.3, 0.4) is 0 Å². The maximum atomic E-state index is 9.02. The lowest BCUT2D eigenvalue weighted by Gasteiger charge is -2.24. The highest BCUT2D eigenvalue weighted by Gasteiger charge is 2.31. The number of benzene rings is 2. The number of hydrogen-bond acceptors (Lipinski definition) is 5. The summed E-state index contributed by atoms with van der Waals surface area (Å²) in [4.78, 5) is 4.36. The van der Waals surface area contributed by atoms with Crippen LogP contribution < -0.4 is 14.4 Å². The van der Waals surface area contributed by atoms with Gasteiger partial charge in [0.1, 0.15) is 12.4 Å². The van der Waals surface area contributed by atoms with Gasteiger partial charge in [-0.15, -0.1) is 0 Å². The molecule has 0 radical (unpaired) electrons. The minimum Gasteiger partial charge on any atom is -0.398 e. The van der Waals surface area contributed by atoms with Gasteiger partial charge in [-0.05, 0) is 44.2 Å². The van der Waals surface area contributed by atoms with Crippen molar-refractivity contribution in [3.8, 4) is 0 Å². The van der Waals surface area contributed by atoms with Crippen LogP contribution in [-0.2, 0) is 11.3 Å². The fraction of sp³-hybridized carbons (Fsp3) is 0.320. The molecule has 0 aliphatic carbocycles. The van der Waals surface area contributed by atoms with Gasteiger partial charge in [0.05, 0.1) is 47.3 Å². The third-order valence-corrected chi connectivity index (χ3v) is 6.32. The summed E-state index contributed by atoms with van der Waals surface area (Å²) in [7, 11) is 0. The van der Waals surface area contributed by atoms with E-state index in [0.29, 0.717) is 29.8 Å². The Morgan fingerprint density at radius 2 is 1.79 bits per heavy atom. The van der Waals surface area contributed by atoms with Gasteiger partial charge in [-0.1, -0.05) is 35.3 Å². The van der Waals surface area contributed by atoms with Crippen molar-refractivity contribution in [2.45, 2.75) is 20.4 Å². The molecular formula is C25H28Cl2N3O3+. The van der Waals surface area contributed by atoms with Crippen LogP contribution in [0.25, 0.3) is 17.2 Å². The molecule has 2 aromatic carbocycles. The molecule has 4 rings (SSSR count). The number of aliphatic hydroxyl groups excluding tert-OH is 1. The van der Waals surface area contributed by atoms with Crippen molar-refractivity contribution >= 4 is 51.8 Å². The summed E-state index contributed by atoms with van der Waals surface area (Å²) in [5.74, 6) is 1.78. The molecule has 0 bridgehead atoms. The standard InChI is InChI=1S/C25H28Cl2N3O3/c1-3-28-21-16-18(26)19(27)17-22(21)30(12-14-32-15-13-31)24(28)10-7-11-25-29(4-2)20-8-5-6-9-23(20)33-25/h5-11,16-17,31H,3-4,12-15H2,1-2H3/q+1. The lowest BCUT2D eigenvalue weighted by atomic mass is 10.2. The van der Waals surface area contributed by atoms with Crippen molar-refractivity contribution in [2.24, 2.45) is 0 Å². The second-order valence-electron chi connectivity index (χ2n) is 7.52. The van der Waals surface area contributed by atoms with Gasteiger partial charge in [0.25, 0.3) is 5.52 Å². The smallest absolute Gasteiger partial charge is 0.374 e. The molecule has 1 N–H and O–H groups in total. The highest BCUT2D eigenvalue weighted by Crippen LogP contribution is 2.45. The zero-order valence-corrected chi connectivity index (χ0v) is 20.3. The minimum absolute atomic E-state index is 0.000524. The molecule has 0 saturated heterocycles. The zero-order chi connectivity index (χ0) is 23.4. The Balaban J connectivity index is 1.69. The first-order valence-electron chi connectivity index (χ1n) is 11.1. The molecule has 0 saturated carbocycles. The molecular weight excluding hydrogens is 461 g/mol. The number of aryl methyl sites for hydroxylation is 1. The lowest BCUT2D eigenvalue weighted by Crippen LogP contribution is -2.33. The van der Waals surface area contributed by atoms with Gasteiger partial charge in [0.2, 0.25) is 5.58 Å². The molecule has 1 aliphatic heterocycles. The first kappa shape index (κ1) is 23.6. The number of ether oxygens (including phenoxy) is 1. The topological polar surface area (TPSA) is 53.0 Å². The van der Waals surface area contributed by atoms with Crippen molar-refractivity contribution in [1.82, 2.24) is 0 Å². The summed E-state index contributed by atoms with van der Waals surface area (Å²) >= 11 is 12.7.